The van der Waals surface area contributed by atoms with E-state index in [0.717, 1.165) is 28.8 Å². The van der Waals surface area contributed by atoms with Gasteiger partial charge in [-0.1, -0.05) is 0 Å². The van der Waals surface area contributed by atoms with Gasteiger partial charge < -0.3 is 14.5 Å². The standard InChI is InChI=1S/C27H24N4O3/c1-14-9-17(26-31-25-19-7-8-28-13-18(19)12-27(25,4)34-26)11-22(16(14)3)33-23-6-5-20-24(30-23)21(32)10-15(2)29-20/h5-11,13,25H,12H2,1-4H3,(H,29,32)/t25-,27+/m0/s1. The highest BCUT2D eigenvalue weighted by Gasteiger charge is 2.49. The van der Waals surface area contributed by atoms with Gasteiger partial charge in [0.2, 0.25) is 17.2 Å². The Bertz CT molecular complexity index is 1570. The number of fused-ring (bicyclic) bond motifs is 4. The number of aliphatic imine (C=N–C) groups is 1. The normalized spacial score (nSPS) is 20.6. The summed E-state index contributed by atoms with van der Waals surface area (Å²) in [5, 5.41) is 0. The summed E-state index contributed by atoms with van der Waals surface area (Å²) < 4.78 is 12.6. The van der Waals surface area contributed by atoms with Crippen LogP contribution in [-0.4, -0.2) is 26.5 Å². The van der Waals surface area contributed by atoms with E-state index in [9.17, 15) is 4.79 Å². The van der Waals surface area contributed by atoms with Gasteiger partial charge in [-0.15, -0.1) is 0 Å². The summed E-state index contributed by atoms with van der Waals surface area (Å²) in [6.07, 6.45) is 4.49. The first-order valence-corrected chi connectivity index (χ1v) is 11.3. The van der Waals surface area contributed by atoms with Crippen LogP contribution in [0.4, 0.5) is 0 Å². The molecule has 2 atom stereocenters. The van der Waals surface area contributed by atoms with E-state index in [2.05, 4.69) is 27.9 Å². The van der Waals surface area contributed by atoms with Crippen molar-refractivity contribution in [2.24, 2.45) is 4.99 Å². The minimum absolute atomic E-state index is 0.0520. The Kier molecular flexibility index (Phi) is 4.39. The maximum absolute atomic E-state index is 12.4. The number of benzene rings is 1. The molecule has 0 fully saturated rings. The average molecular weight is 453 g/mol. The van der Waals surface area contributed by atoms with Gasteiger partial charge in [-0.3, -0.25) is 9.78 Å². The fourth-order valence-electron chi connectivity index (χ4n) is 4.92. The molecular formula is C27H24N4O3. The fraction of sp³-hybridized carbons (Fsp3) is 0.259. The number of pyridine rings is 3. The second-order valence-corrected chi connectivity index (χ2v) is 9.38. The minimum atomic E-state index is -0.417. The van der Waals surface area contributed by atoms with Crippen molar-refractivity contribution in [1.82, 2.24) is 15.0 Å². The fourth-order valence-corrected chi connectivity index (χ4v) is 4.92. The molecule has 1 aromatic carbocycles. The van der Waals surface area contributed by atoms with Gasteiger partial charge in [-0.25, -0.2) is 9.98 Å². The molecule has 0 amide bonds. The van der Waals surface area contributed by atoms with Crippen LogP contribution in [0.25, 0.3) is 11.0 Å². The molecule has 4 aromatic rings. The second-order valence-electron chi connectivity index (χ2n) is 9.38. The van der Waals surface area contributed by atoms with Gasteiger partial charge in [0.1, 0.15) is 22.9 Å². The lowest BCUT2D eigenvalue weighted by Crippen LogP contribution is -2.29. The number of nitrogens with zero attached hydrogens (tertiary/aromatic N) is 3. The third-order valence-corrected chi connectivity index (χ3v) is 6.80. The van der Waals surface area contributed by atoms with E-state index in [-0.39, 0.29) is 11.5 Å². The molecule has 0 radical (unpaired) electrons. The Balaban J connectivity index is 1.37. The van der Waals surface area contributed by atoms with E-state index < -0.39 is 5.60 Å². The van der Waals surface area contributed by atoms with Crippen LogP contribution >= 0.6 is 0 Å². The largest absolute Gasteiger partial charge is 0.468 e. The van der Waals surface area contributed by atoms with Gasteiger partial charge in [0.15, 0.2) is 0 Å². The van der Waals surface area contributed by atoms with Crippen molar-refractivity contribution in [2.75, 3.05) is 0 Å². The first kappa shape index (κ1) is 20.6. The number of aromatic amines is 1. The number of ether oxygens (including phenoxy) is 2. The molecule has 0 unspecified atom stereocenters. The smallest absolute Gasteiger partial charge is 0.220 e. The first-order chi connectivity index (χ1) is 16.3. The molecule has 0 bridgehead atoms. The zero-order valence-electron chi connectivity index (χ0n) is 19.5. The molecule has 6 rings (SSSR count). The number of aromatic nitrogens is 3. The molecule has 34 heavy (non-hydrogen) atoms. The molecular weight excluding hydrogens is 428 g/mol. The van der Waals surface area contributed by atoms with Crippen LogP contribution in [0.15, 0.2) is 58.6 Å². The van der Waals surface area contributed by atoms with Crippen molar-refractivity contribution >= 4 is 16.9 Å². The molecule has 2 aliphatic rings. The predicted octanol–water partition coefficient (Wildman–Crippen LogP) is 4.87. The van der Waals surface area contributed by atoms with E-state index in [1.165, 1.54) is 17.2 Å². The van der Waals surface area contributed by atoms with Crippen LogP contribution in [0.1, 0.15) is 46.5 Å². The van der Waals surface area contributed by atoms with Crippen LogP contribution in [0, 0.1) is 20.8 Å². The number of rotatable bonds is 3. The summed E-state index contributed by atoms with van der Waals surface area (Å²) in [6, 6.07) is 11.1. The predicted molar refractivity (Wildman–Crippen MR) is 130 cm³/mol. The molecule has 1 aliphatic heterocycles. The number of H-pyrrole nitrogens is 1. The zero-order valence-corrected chi connectivity index (χ0v) is 19.5. The summed E-state index contributed by atoms with van der Waals surface area (Å²) in [5.74, 6) is 1.63. The van der Waals surface area contributed by atoms with E-state index in [4.69, 9.17) is 14.5 Å². The lowest BCUT2D eigenvalue weighted by atomic mass is 9.99. The zero-order chi connectivity index (χ0) is 23.6. The third-order valence-electron chi connectivity index (χ3n) is 6.80. The number of aryl methyl sites for hydroxylation is 2. The van der Waals surface area contributed by atoms with Gasteiger partial charge in [-0.05, 0) is 74.2 Å². The van der Waals surface area contributed by atoms with E-state index in [0.29, 0.717) is 28.6 Å². The molecule has 4 heterocycles. The quantitative estimate of drug-likeness (QED) is 0.479. The van der Waals surface area contributed by atoms with Crippen LogP contribution in [-0.2, 0) is 11.2 Å². The van der Waals surface area contributed by atoms with Crippen molar-refractivity contribution in [1.29, 1.82) is 0 Å². The summed E-state index contributed by atoms with van der Waals surface area (Å²) in [4.78, 5) is 29.2. The first-order valence-electron chi connectivity index (χ1n) is 11.3. The van der Waals surface area contributed by atoms with Crippen LogP contribution in [0.2, 0.25) is 0 Å². The van der Waals surface area contributed by atoms with Gasteiger partial charge >= 0.3 is 0 Å². The molecule has 7 heteroatoms. The third kappa shape index (κ3) is 3.19. The number of hydrogen-bond acceptors (Lipinski definition) is 6. The highest BCUT2D eigenvalue weighted by Crippen LogP contribution is 2.48. The molecule has 0 spiro atoms. The lowest BCUT2D eigenvalue weighted by molar-refractivity contribution is 0.0891. The summed E-state index contributed by atoms with van der Waals surface area (Å²) in [7, 11) is 0. The highest BCUT2D eigenvalue weighted by atomic mass is 16.5. The van der Waals surface area contributed by atoms with Crippen molar-refractivity contribution in [3.63, 3.8) is 0 Å². The Morgan fingerprint density at radius 2 is 2.00 bits per heavy atom. The maximum Gasteiger partial charge on any atom is 0.220 e. The van der Waals surface area contributed by atoms with Crippen molar-refractivity contribution < 1.29 is 9.47 Å². The van der Waals surface area contributed by atoms with Gasteiger partial charge in [0.05, 0.1) is 5.52 Å². The SMILES string of the molecule is Cc1cc(=O)c2nc(Oc3cc(C4=N[C@H]5c6ccncc6C[C@@]5(C)O4)cc(C)c3C)ccc2[nH]1. The topological polar surface area (TPSA) is 89.5 Å². The summed E-state index contributed by atoms with van der Waals surface area (Å²) >= 11 is 0. The van der Waals surface area contributed by atoms with Crippen LogP contribution < -0.4 is 10.2 Å². The molecule has 0 saturated heterocycles. The summed E-state index contributed by atoms with van der Waals surface area (Å²) in [6.45, 7) is 7.99. The molecule has 170 valence electrons. The number of nitrogens with one attached hydrogen (secondary N) is 1. The minimum Gasteiger partial charge on any atom is -0.468 e. The average Bonchev–Trinajstić information content (AvgIpc) is 3.27. The van der Waals surface area contributed by atoms with Gasteiger partial charge in [0.25, 0.3) is 0 Å². The van der Waals surface area contributed by atoms with Crippen molar-refractivity contribution in [3.8, 4) is 11.6 Å². The van der Waals surface area contributed by atoms with Crippen molar-refractivity contribution in [3.05, 3.63) is 92.5 Å². The van der Waals surface area contributed by atoms with E-state index >= 15 is 0 Å². The summed E-state index contributed by atoms with van der Waals surface area (Å²) in [5.41, 5.74) is 6.55. The molecule has 1 N–H and O–H groups in total. The molecule has 3 aromatic heterocycles. The molecule has 7 nitrogen and oxygen atoms in total. The van der Waals surface area contributed by atoms with Gasteiger partial charge in [-0.2, -0.15) is 0 Å². The highest BCUT2D eigenvalue weighted by molar-refractivity contribution is 5.97. The molecule has 0 saturated carbocycles. The van der Waals surface area contributed by atoms with Crippen LogP contribution in [0.5, 0.6) is 11.6 Å². The Labute approximate surface area is 196 Å². The van der Waals surface area contributed by atoms with Crippen LogP contribution in [0.3, 0.4) is 0 Å². The Hall–Kier alpha value is -4.00. The Morgan fingerprint density at radius 3 is 2.85 bits per heavy atom. The maximum atomic E-state index is 12.4. The number of hydrogen-bond donors (Lipinski definition) is 1. The van der Waals surface area contributed by atoms with E-state index in [1.54, 1.807) is 6.07 Å². The van der Waals surface area contributed by atoms with Gasteiger partial charge in [0, 0.05) is 42.2 Å². The second kappa shape index (κ2) is 7.25. The molecule has 1 aliphatic carbocycles. The Morgan fingerprint density at radius 1 is 1.15 bits per heavy atom. The van der Waals surface area contributed by atoms with E-state index in [1.807, 2.05) is 51.4 Å². The monoisotopic (exact) mass is 452 g/mol. The lowest BCUT2D eigenvalue weighted by Gasteiger charge is -2.23. The van der Waals surface area contributed by atoms with Crippen molar-refractivity contribution in [2.45, 2.75) is 45.8 Å².